The van der Waals surface area contributed by atoms with Crippen molar-refractivity contribution in [1.29, 1.82) is 0 Å². The number of nitrogens with one attached hydrogen (secondary N) is 2. The van der Waals surface area contributed by atoms with Crippen LogP contribution in [-0.2, 0) is 18.4 Å². The first-order valence-corrected chi connectivity index (χ1v) is 11.8. The number of amides is 2. The molecule has 0 fully saturated rings. The predicted molar refractivity (Wildman–Crippen MR) is 135 cm³/mol. The minimum absolute atomic E-state index is 0.139. The summed E-state index contributed by atoms with van der Waals surface area (Å²) >= 11 is 1.29. The van der Waals surface area contributed by atoms with Crippen LogP contribution in [0.3, 0.4) is 0 Å². The van der Waals surface area contributed by atoms with E-state index in [-0.39, 0.29) is 17.6 Å². The first kappa shape index (κ1) is 23.3. The zero-order valence-corrected chi connectivity index (χ0v) is 19.8. The Hall–Kier alpha value is -3.91. The van der Waals surface area contributed by atoms with Gasteiger partial charge in [0.25, 0.3) is 5.91 Å². The van der Waals surface area contributed by atoms with Gasteiger partial charge in [0.1, 0.15) is 0 Å². The van der Waals surface area contributed by atoms with Crippen LogP contribution in [0.4, 0.5) is 5.69 Å². The number of benzene rings is 3. The Morgan fingerprint density at radius 2 is 1.62 bits per heavy atom. The summed E-state index contributed by atoms with van der Waals surface area (Å²) in [7, 11) is 1.88. The summed E-state index contributed by atoms with van der Waals surface area (Å²) < 4.78 is 1.88. The van der Waals surface area contributed by atoms with Crippen LogP contribution in [0.25, 0.3) is 11.4 Å². The Kier molecular flexibility index (Phi) is 7.39. The molecule has 2 amide bonds. The van der Waals surface area contributed by atoms with Crippen LogP contribution < -0.4 is 10.6 Å². The molecule has 34 heavy (non-hydrogen) atoms. The number of rotatable bonds is 8. The SMILES string of the molecule is Cc1ccccc1-c1nnc(SCC(=O)Nc2ccccc2C(=O)NCc2ccccc2)n1C. The van der Waals surface area contributed by atoms with Crippen LogP contribution in [0.5, 0.6) is 0 Å². The van der Waals surface area contributed by atoms with Crippen molar-refractivity contribution in [2.45, 2.75) is 18.6 Å². The predicted octanol–water partition coefficient (Wildman–Crippen LogP) is 4.45. The average molecular weight is 472 g/mol. The van der Waals surface area contributed by atoms with Crippen molar-refractivity contribution >= 4 is 29.3 Å². The van der Waals surface area contributed by atoms with Gasteiger partial charge in [-0.15, -0.1) is 10.2 Å². The van der Waals surface area contributed by atoms with E-state index in [4.69, 9.17) is 0 Å². The summed E-state index contributed by atoms with van der Waals surface area (Å²) in [4.78, 5) is 25.4. The van der Waals surface area contributed by atoms with Crippen LogP contribution in [0.2, 0.25) is 0 Å². The highest BCUT2D eigenvalue weighted by atomic mass is 32.2. The molecule has 0 spiro atoms. The fraction of sp³-hybridized carbons (Fsp3) is 0.154. The molecule has 0 unspecified atom stereocenters. The van der Waals surface area contributed by atoms with E-state index in [1.165, 1.54) is 11.8 Å². The molecule has 172 valence electrons. The number of hydrogen-bond acceptors (Lipinski definition) is 5. The van der Waals surface area contributed by atoms with E-state index in [2.05, 4.69) is 20.8 Å². The maximum Gasteiger partial charge on any atom is 0.253 e. The van der Waals surface area contributed by atoms with E-state index >= 15 is 0 Å². The molecule has 8 heteroatoms. The number of para-hydroxylation sites is 1. The largest absolute Gasteiger partial charge is 0.348 e. The van der Waals surface area contributed by atoms with Gasteiger partial charge in [-0.25, -0.2) is 0 Å². The number of aryl methyl sites for hydroxylation is 1. The number of aromatic nitrogens is 3. The lowest BCUT2D eigenvalue weighted by Crippen LogP contribution is -2.25. The van der Waals surface area contributed by atoms with E-state index in [9.17, 15) is 9.59 Å². The van der Waals surface area contributed by atoms with Crippen LogP contribution in [0.1, 0.15) is 21.5 Å². The molecule has 4 aromatic rings. The molecular formula is C26H25N5O2S. The lowest BCUT2D eigenvalue weighted by molar-refractivity contribution is -0.113. The van der Waals surface area contributed by atoms with Crippen molar-refractivity contribution in [3.63, 3.8) is 0 Å². The summed E-state index contributed by atoms with van der Waals surface area (Å²) in [5, 5.41) is 14.9. The zero-order chi connectivity index (χ0) is 23.9. The third kappa shape index (κ3) is 5.52. The van der Waals surface area contributed by atoms with Crippen molar-refractivity contribution in [2.75, 3.05) is 11.1 Å². The van der Waals surface area contributed by atoms with Crippen molar-refractivity contribution < 1.29 is 9.59 Å². The minimum atomic E-state index is -0.247. The van der Waals surface area contributed by atoms with Gasteiger partial charge >= 0.3 is 0 Å². The topological polar surface area (TPSA) is 88.9 Å². The Bertz CT molecular complexity index is 1300. The van der Waals surface area contributed by atoms with E-state index in [0.29, 0.717) is 23.0 Å². The average Bonchev–Trinajstić information content (AvgIpc) is 3.22. The molecule has 4 rings (SSSR count). The molecule has 1 aromatic heterocycles. The minimum Gasteiger partial charge on any atom is -0.348 e. The fourth-order valence-electron chi connectivity index (χ4n) is 3.48. The first-order chi connectivity index (χ1) is 16.5. The smallest absolute Gasteiger partial charge is 0.253 e. The molecular weight excluding hydrogens is 446 g/mol. The lowest BCUT2D eigenvalue weighted by Gasteiger charge is -2.11. The van der Waals surface area contributed by atoms with Gasteiger partial charge in [0.15, 0.2) is 11.0 Å². The summed E-state index contributed by atoms with van der Waals surface area (Å²) in [6.45, 7) is 2.44. The molecule has 0 atom stereocenters. The van der Waals surface area contributed by atoms with Crippen LogP contribution >= 0.6 is 11.8 Å². The molecule has 0 saturated carbocycles. The molecule has 2 N–H and O–H groups in total. The second-order valence-electron chi connectivity index (χ2n) is 7.73. The Balaban J connectivity index is 1.38. The number of nitrogens with zero attached hydrogens (tertiary/aromatic N) is 3. The van der Waals surface area contributed by atoms with Gasteiger partial charge in [-0.05, 0) is 30.2 Å². The highest BCUT2D eigenvalue weighted by Gasteiger charge is 2.16. The normalized spacial score (nSPS) is 10.6. The van der Waals surface area contributed by atoms with Gasteiger partial charge in [0.05, 0.1) is 17.0 Å². The van der Waals surface area contributed by atoms with Gasteiger partial charge in [0, 0.05) is 19.2 Å². The number of hydrogen-bond donors (Lipinski definition) is 2. The molecule has 0 radical (unpaired) electrons. The van der Waals surface area contributed by atoms with E-state index in [1.807, 2.05) is 73.1 Å². The quantitative estimate of drug-likeness (QED) is 0.371. The summed E-state index contributed by atoms with van der Waals surface area (Å²) in [6.07, 6.45) is 0. The van der Waals surface area contributed by atoms with Crippen LogP contribution in [0, 0.1) is 6.92 Å². The standard InChI is InChI=1S/C26H25N5O2S/c1-18-10-6-7-13-20(18)24-29-30-26(31(24)2)34-17-23(32)28-22-15-9-8-14-21(22)25(33)27-16-19-11-4-3-5-12-19/h3-15H,16-17H2,1-2H3,(H,27,33)(H,28,32). The van der Waals surface area contributed by atoms with E-state index in [1.54, 1.807) is 24.3 Å². The third-order valence-corrected chi connectivity index (χ3v) is 6.32. The van der Waals surface area contributed by atoms with Crippen molar-refractivity contribution in [3.05, 3.63) is 95.6 Å². The lowest BCUT2D eigenvalue weighted by atomic mass is 10.1. The fourth-order valence-corrected chi connectivity index (χ4v) is 4.19. The molecule has 0 bridgehead atoms. The second-order valence-corrected chi connectivity index (χ2v) is 8.67. The third-order valence-electron chi connectivity index (χ3n) is 5.29. The first-order valence-electron chi connectivity index (χ1n) is 10.8. The molecule has 7 nitrogen and oxygen atoms in total. The van der Waals surface area contributed by atoms with Crippen LogP contribution in [0.15, 0.2) is 84.0 Å². The Morgan fingerprint density at radius 3 is 2.41 bits per heavy atom. The molecule has 3 aromatic carbocycles. The van der Waals surface area contributed by atoms with E-state index in [0.717, 1.165) is 22.5 Å². The summed E-state index contributed by atoms with van der Waals surface area (Å²) in [5.74, 6) is 0.415. The van der Waals surface area contributed by atoms with Gasteiger partial charge in [-0.1, -0.05) is 78.5 Å². The second kappa shape index (κ2) is 10.8. The maximum atomic E-state index is 12.7. The monoisotopic (exact) mass is 471 g/mol. The summed E-state index contributed by atoms with van der Waals surface area (Å²) in [5.41, 5.74) is 4.00. The summed E-state index contributed by atoms with van der Waals surface area (Å²) in [6, 6.07) is 24.6. The molecule has 0 aliphatic rings. The highest BCUT2D eigenvalue weighted by Crippen LogP contribution is 2.25. The Labute approximate surface area is 202 Å². The van der Waals surface area contributed by atoms with Crippen molar-refractivity contribution in [1.82, 2.24) is 20.1 Å². The number of carbonyl (C=O) groups excluding carboxylic acids is 2. The molecule has 0 aliphatic carbocycles. The van der Waals surface area contributed by atoms with Gasteiger partial charge in [0.2, 0.25) is 5.91 Å². The number of thioether (sulfide) groups is 1. The Morgan fingerprint density at radius 1 is 0.912 bits per heavy atom. The van der Waals surface area contributed by atoms with Crippen molar-refractivity contribution in [2.24, 2.45) is 7.05 Å². The zero-order valence-electron chi connectivity index (χ0n) is 19.0. The number of anilines is 1. The van der Waals surface area contributed by atoms with Crippen LogP contribution in [-0.4, -0.2) is 32.3 Å². The molecule has 0 aliphatic heterocycles. The highest BCUT2D eigenvalue weighted by molar-refractivity contribution is 7.99. The maximum absolute atomic E-state index is 12.7. The van der Waals surface area contributed by atoms with E-state index < -0.39 is 0 Å². The van der Waals surface area contributed by atoms with Gasteiger partial charge in [-0.2, -0.15) is 0 Å². The van der Waals surface area contributed by atoms with Gasteiger partial charge < -0.3 is 15.2 Å². The number of carbonyl (C=O) groups is 2. The molecule has 0 saturated heterocycles. The van der Waals surface area contributed by atoms with Gasteiger partial charge in [-0.3, -0.25) is 9.59 Å². The molecule has 1 heterocycles. The van der Waals surface area contributed by atoms with Crippen molar-refractivity contribution in [3.8, 4) is 11.4 Å².